The summed E-state index contributed by atoms with van der Waals surface area (Å²) in [6, 6.07) is 7.59. The van der Waals surface area contributed by atoms with Gasteiger partial charge in [0.1, 0.15) is 0 Å². The van der Waals surface area contributed by atoms with Gasteiger partial charge in [0.15, 0.2) is 0 Å². The quantitative estimate of drug-likeness (QED) is 0.869. The molecule has 19 heavy (non-hydrogen) atoms. The first-order valence-corrected chi connectivity index (χ1v) is 7.54. The van der Waals surface area contributed by atoms with Crippen LogP contribution in [0.5, 0.6) is 0 Å². The van der Waals surface area contributed by atoms with Crippen molar-refractivity contribution in [3.05, 3.63) is 34.9 Å². The molecule has 0 aromatic heterocycles. The summed E-state index contributed by atoms with van der Waals surface area (Å²) in [5.41, 5.74) is 4.20. The lowest BCUT2D eigenvalue weighted by atomic mass is 9.86. The van der Waals surface area contributed by atoms with E-state index >= 15 is 0 Å². The Morgan fingerprint density at radius 3 is 2.53 bits per heavy atom. The summed E-state index contributed by atoms with van der Waals surface area (Å²) in [4.78, 5) is 0. The van der Waals surface area contributed by atoms with Gasteiger partial charge in [0, 0.05) is 18.7 Å². The average Bonchev–Trinajstić information content (AvgIpc) is 2.42. The Labute approximate surface area is 117 Å². The molecular formula is C17H27NO. The molecule has 0 amide bonds. The zero-order chi connectivity index (χ0) is 13.8. The summed E-state index contributed by atoms with van der Waals surface area (Å²) < 4.78 is 0. The summed E-state index contributed by atoms with van der Waals surface area (Å²) in [5, 5.41) is 12.9. The molecule has 0 aliphatic heterocycles. The van der Waals surface area contributed by atoms with Gasteiger partial charge in [-0.3, -0.25) is 0 Å². The van der Waals surface area contributed by atoms with Gasteiger partial charge in [0.25, 0.3) is 0 Å². The van der Waals surface area contributed by atoms with Gasteiger partial charge in [-0.2, -0.15) is 0 Å². The second-order valence-electron chi connectivity index (χ2n) is 6.08. The molecule has 1 atom stereocenters. The second-order valence-corrected chi connectivity index (χ2v) is 6.08. The Kier molecular flexibility index (Phi) is 5.00. The zero-order valence-corrected chi connectivity index (χ0v) is 12.4. The molecule has 0 bridgehead atoms. The summed E-state index contributed by atoms with van der Waals surface area (Å²) in [5.74, 6) is 0.536. The highest BCUT2D eigenvalue weighted by molar-refractivity contribution is 5.35. The molecule has 1 aliphatic carbocycles. The van der Waals surface area contributed by atoms with Crippen molar-refractivity contribution < 1.29 is 5.11 Å². The van der Waals surface area contributed by atoms with Crippen LogP contribution in [0.1, 0.15) is 55.3 Å². The van der Waals surface area contributed by atoms with Crippen LogP contribution >= 0.6 is 0 Å². The van der Waals surface area contributed by atoms with E-state index in [9.17, 15) is 5.11 Å². The molecule has 1 aliphatic rings. The van der Waals surface area contributed by atoms with Crippen LogP contribution in [0.15, 0.2) is 18.2 Å². The number of hydrogen-bond donors (Lipinski definition) is 2. The van der Waals surface area contributed by atoms with Gasteiger partial charge in [0.2, 0.25) is 0 Å². The Hall–Kier alpha value is -0.860. The highest BCUT2D eigenvalue weighted by Crippen LogP contribution is 2.27. The molecule has 2 nitrogen and oxygen atoms in total. The van der Waals surface area contributed by atoms with Crippen LogP contribution in [0.4, 0.5) is 0 Å². The highest BCUT2D eigenvalue weighted by atomic mass is 16.3. The Bertz CT molecular complexity index is 408. The predicted octanol–water partition coefficient (Wildman–Crippen LogP) is 3.51. The van der Waals surface area contributed by atoms with Crippen LogP contribution in [0.2, 0.25) is 0 Å². The van der Waals surface area contributed by atoms with E-state index in [2.05, 4.69) is 44.3 Å². The SMILES string of the molecule is Cc1cccc(C(C)NC2CCC(CO)CC2)c1C. The van der Waals surface area contributed by atoms with Crippen molar-refractivity contribution in [3.63, 3.8) is 0 Å². The third-order valence-electron chi connectivity index (χ3n) is 4.70. The minimum atomic E-state index is 0.360. The molecule has 2 heteroatoms. The number of aryl methyl sites for hydroxylation is 1. The van der Waals surface area contributed by atoms with Gasteiger partial charge in [-0.05, 0) is 69.1 Å². The minimum absolute atomic E-state index is 0.360. The van der Waals surface area contributed by atoms with E-state index in [4.69, 9.17) is 0 Å². The second kappa shape index (κ2) is 6.53. The molecule has 0 saturated heterocycles. The van der Waals surface area contributed by atoms with Crippen LogP contribution < -0.4 is 5.32 Å². The molecule has 2 N–H and O–H groups in total. The first-order chi connectivity index (χ1) is 9.11. The van der Waals surface area contributed by atoms with Crippen LogP contribution in [-0.4, -0.2) is 17.8 Å². The fourth-order valence-electron chi connectivity index (χ4n) is 3.20. The fourth-order valence-corrected chi connectivity index (χ4v) is 3.20. The maximum Gasteiger partial charge on any atom is 0.0459 e. The van der Waals surface area contributed by atoms with E-state index in [1.54, 1.807) is 0 Å². The molecule has 1 aromatic rings. The van der Waals surface area contributed by atoms with E-state index in [0.29, 0.717) is 24.6 Å². The number of benzene rings is 1. The fraction of sp³-hybridized carbons (Fsp3) is 0.647. The maximum atomic E-state index is 9.18. The molecule has 1 fully saturated rings. The van der Waals surface area contributed by atoms with E-state index in [1.165, 1.54) is 29.5 Å². The van der Waals surface area contributed by atoms with Gasteiger partial charge in [0.05, 0.1) is 0 Å². The first-order valence-electron chi connectivity index (χ1n) is 7.54. The number of nitrogens with one attached hydrogen (secondary N) is 1. The third kappa shape index (κ3) is 3.58. The van der Waals surface area contributed by atoms with Crippen molar-refractivity contribution >= 4 is 0 Å². The first kappa shape index (κ1) is 14.5. The molecule has 1 unspecified atom stereocenters. The van der Waals surface area contributed by atoms with Crippen molar-refractivity contribution in [1.29, 1.82) is 0 Å². The topological polar surface area (TPSA) is 32.3 Å². The lowest BCUT2D eigenvalue weighted by Crippen LogP contribution is -2.35. The van der Waals surface area contributed by atoms with Gasteiger partial charge in [-0.25, -0.2) is 0 Å². The van der Waals surface area contributed by atoms with E-state index in [1.807, 2.05) is 0 Å². The molecular weight excluding hydrogens is 234 g/mol. The maximum absolute atomic E-state index is 9.18. The van der Waals surface area contributed by atoms with E-state index in [-0.39, 0.29) is 0 Å². The Balaban J connectivity index is 1.94. The summed E-state index contributed by atoms with van der Waals surface area (Å²) >= 11 is 0. The largest absolute Gasteiger partial charge is 0.396 e. The number of hydrogen-bond acceptors (Lipinski definition) is 2. The van der Waals surface area contributed by atoms with Gasteiger partial charge in [-0.15, -0.1) is 0 Å². The van der Waals surface area contributed by atoms with Crippen LogP contribution in [0, 0.1) is 19.8 Å². The van der Waals surface area contributed by atoms with Gasteiger partial charge < -0.3 is 10.4 Å². The van der Waals surface area contributed by atoms with Crippen LogP contribution in [0.25, 0.3) is 0 Å². The molecule has 2 rings (SSSR count). The number of aliphatic hydroxyl groups is 1. The summed E-state index contributed by atoms with van der Waals surface area (Å²) in [7, 11) is 0. The Morgan fingerprint density at radius 1 is 1.21 bits per heavy atom. The summed E-state index contributed by atoms with van der Waals surface area (Å²) in [6.45, 7) is 7.02. The van der Waals surface area contributed by atoms with Gasteiger partial charge >= 0.3 is 0 Å². The van der Waals surface area contributed by atoms with E-state index < -0.39 is 0 Å². The van der Waals surface area contributed by atoms with Crippen molar-refractivity contribution in [1.82, 2.24) is 5.32 Å². The lowest BCUT2D eigenvalue weighted by molar-refractivity contribution is 0.172. The number of rotatable bonds is 4. The van der Waals surface area contributed by atoms with Crippen molar-refractivity contribution in [2.24, 2.45) is 5.92 Å². The molecule has 0 radical (unpaired) electrons. The monoisotopic (exact) mass is 261 g/mol. The average molecular weight is 261 g/mol. The zero-order valence-electron chi connectivity index (χ0n) is 12.4. The van der Waals surface area contributed by atoms with Crippen LogP contribution in [0.3, 0.4) is 0 Å². The standard InChI is InChI=1S/C17H27NO/c1-12-5-4-6-17(13(12)2)14(3)18-16-9-7-15(11-19)8-10-16/h4-6,14-16,18-19H,7-11H2,1-3H3. The molecule has 0 spiro atoms. The number of aliphatic hydroxyl groups excluding tert-OH is 1. The normalized spacial score (nSPS) is 25.3. The lowest BCUT2D eigenvalue weighted by Gasteiger charge is -2.31. The smallest absolute Gasteiger partial charge is 0.0459 e. The molecule has 1 saturated carbocycles. The highest BCUT2D eigenvalue weighted by Gasteiger charge is 2.22. The third-order valence-corrected chi connectivity index (χ3v) is 4.70. The van der Waals surface area contributed by atoms with Crippen LogP contribution in [-0.2, 0) is 0 Å². The predicted molar refractivity (Wildman–Crippen MR) is 80.3 cm³/mol. The van der Waals surface area contributed by atoms with E-state index in [0.717, 1.165) is 12.8 Å². The summed E-state index contributed by atoms with van der Waals surface area (Å²) in [6.07, 6.45) is 4.71. The minimum Gasteiger partial charge on any atom is -0.396 e. The van der Waals surface area contributed by atoms with Crippen molar-refractivity contribution in [3.8, 4) is 0 Å². The van der Waals surface area contributed by atoms with Crippen molar-refractivity contribution in [2.75, 3.05) is 6.61 Å². The Morgan fingerprint density at radius 2 is 1.89 bits per heavy atom. The molecule has 1 aromatic carbocycles. The van der Waals surface area contributed by atoms with Gasteiger partial charge in [-0.1, -0.05) is 18.2 Å². The molecule has 106 valence electrons. The molecule has 0 heterocycles. The van der Waals surface area contributed by atoms with Crippen molar-refractivity contribution in [2.45, 2.75) is 58.5 Å².